The Labute approximate surface area is 77.4 Å². The van der Waals surface area contributed by atoms with E-state index in [1.807, 2.05) is 26.0 Å². The predicted molar refractivity (Wildman–Crippen MR) is 50.7 cm³/mol. The highest BCUT2D eigenvalue weighted by molar-refractivity contribution is 5.97. The van der Waals surface area contributed by atoms with E-state index in [9.17, 15) is 5.11 Å². The second-order valence-corrected chi connectivity index (χ2v) is 3.97. The fraction of sp³-hybridized carbons (Fsp3) is 0.500. The number of aliphatic hydroxyl groups excluding tert-OH is 1. The summed E-state index contributed by atoms with van der Waals surface area (Å²) in [4.78, 5) is 4.38. The van der Waals surface area contributed by atoms with Gasteiger partial charge >= 0.3 is 0 Å². The average molecular weight is 179 g/mol. The van der Waals surface area contributed by atoms with Crippen molar-refractivity contribution < 1.29 is 9.84 Å². The molecule has 3 nitrogen and oxygen atoms in total. The highest BCUT2D eigenvalue weighted by atomic mass is 16.5. The van der Waals surface area contributed by atoms with Crippen molar-refractivity contribution >= 4 is 5.90 Å². The Morgan fingerprint density at radius 2 is 2.38 bits per heavy atom. The van der Waals surface area contributed by atoms with Gasteiger partial charge in [0.1, 0.15) is 12.7 Å². The molecule has 0 radical (unpaired) electrons. The lowest BCUT2D eigenvalue weighted by Crippen LogP contribution is -2.17. The zero-order valence-corrected chi connectivity index (χ0v) is 7.82. The predicted octanol–water partition coefficient (Wildman–Crippen LogP) is 1.05. The number of rotatable bonds is 1. The Kier molecular flexibility index (Phi) is 1.77. The van der Waals surface area contributed by atoms with Crippen molar-refractivity contribution in [1.29, 1.82) is 0 Å². The first-order valence-electron chi connectivity index (χ1n) is 4.38. The summed E-state index contributed by atoms with van der Waals surface area (Å²) in [5.74, 6) is 0.586. The van der Waals surface area contributed by atoms with Crippen LogP contribution < -0.4 is 0 Å². The van der Waals surface area contributed by atoms with Gasteiger partial charge in [0.25, 0.3) is 0 Å². The smallest absolute Gasteiger partial charge is 0.215 e. The molecular formula is C10H13NO2. The lowest BCUT2D eigenvalue weighted by Gasteiger charge is -2.07. The molecule has 1 N–H and O–H groups in total. The van der Waals surface area contributed by atoms with Crippen LogP contribution in [0.25, 0.3) is 0 Å². The number of ether oxygens (including phenoxy) is 1. The number of hydrogen-bond acceptors (Lipinski definition) is 3. The third-order valence-corrected chi connectivity index (χ3v) is 2.10. The molecule has 0 aromatic carbocycles. The lowest BCUT2D eigenvalue weighted by atomic mass is 10.1. The molecule has 2 rings (SSSR count). The van der Waals surface area contributed by atoms with E-state index < -0.39 is 6.10 Å². The van der Waals surface area contributed by atoms with Gasteiger partial charge in [0.2, 0.25) is 5.90 Å². The van der Waals surface area contributed by atoms with Crippen molar-refractivity contribution in [2.45, 2.75) is 25.5 Å². The van der Waals surface area contributed by atoms with Crippen molar-refractivity contribution in [2.75, 3.05) is 6.61 Å². The highest BCUT2D eigenvalue weighted by Gasteiger charge is 2.30. The van der Waals surface area contributed by atoms with Gasteiger partial charge in [-0.3, -0.25) is 0 Å². The van der Waals surface area contributed by atoms with Crippen LogP contribution in [0.5, 0.6) is 0 Å². The molecule has 0 bridgehead atoms. The van der Waals surface area contributed by atoms with Crippen LogP contribution in [0, 0.1) is 0 Å². The molecule has 0 aromatic heterocycles. The first-order chi connectivity index (χ1) is 6.08. The van der Waals surface area contributed by atoms with Gasteiger partial charge in [0, 0.05) is 5.57 Å². The van der Waals surface area contributed by atoms with Crippen LogP contribution in [0.3, 0.4) is 0 Å². The third-order valence-electron chi connectivity index (χ3n) is 2.10. The van der Waals surface area contributed by atoms with Crippen molar-refractivity contribution in [3.8, 4) is 0 Å². The fourth-order valence-electron chi connectivity index (χ4n) is 1.40. The molecule has 0 spiro atoms. The maximum Gasteiger partial charge on any atom is 0.215 e. The molecule has 13 heavy (non-hydrogen) atoms. The molecule has 0 saturated heterocycles. The van der Waals surface area contributed by atoms with E-state index in [4.69, 9.17) is 4.74 Å². The van der Waals surface area contributed by atoms with Crippen LogP contribution in [-0.4, -0.2) is 29.3 Å². The molecule has 1 heterocycles. The summed E-state index contributed by atoms with van der Waals surface area (Å²) >= 11 is 0. The van der Waals surface area contributed by atoms with Crippen LogP contribution in [0.15, 0.2) is 28.8 Å². The summed E-state index contributed by atoms with van der Waals surface area (Å²) in [7, 11) is 0. The molecule has 0 fully saturated rings. The molecule has 0 amide bonds. The molecule has 1 unspecified atom stereocenters. The van der Waals surface area contributed by atoms with Crippen LogP contribution >= 0.6 is 0 Å². The van der Waals surface area contributed by atoms with E-state index >= 15 is 0 Å². The maximum atomic E-state index is 9.50. The fourth-order valence-corrected chi connectivity index (χ4v) is 1.40. The Bertz CT molecular complexity index is 313. The second-order valence-electron chi connectivity index (χ2n) is 3.97. The summed E-state index contributed by atoms with van der Waals surface area (Å²) < 4.78 is 5.40. The van der Waals surface area contributed by atoms with Crippen molar-refractivity contribution in [1.82, 2.24) is 0 Å². The molecule has 0 saturated carbocycles. The Balaban J connectivity index is 2.21. The normalized spacial score (nSPS) is 29.9. The third kappa shape index (κ3) is 1.52. The second kappa shape index (κ2) is 2.70. The van der Waals surface area contributed by atoms with Crippen molar-refractivity contribution in [2.24, 2.45) is 4.99 Å². The van der Waals surface area contributed by atoms with E-state index in [-0.39, 0.29) is 5.54 Å². The maximum absolute atomic E-state index is 9.50. The van der Waals surface area contributed by atoms with Crippen LogP contribution in [0.1, 0.15) is 13.8 Å². The quantitative estimate of drug-likeness (QED) is 0.653. The van der Waals surface area contributed by atoms with Crippen molar-refractivity contribution in [3.05, 3.63) is 23.8 Å². The minimum atomic E-state index is -0.548. The summed E-state index contributed by atoms with van der Waals surface area (Å²) in [6.45, 7) is 4.61. The largest absolute Gasteiger partial charge is 0.475 e. The molecule has 1 aliphatic heterocycles. The van der Waals surface area contributed by atoms with Crippen LogP contribution in [0.4, 0.5) is 0 Å². The van der Waals surface area contributed by atoms with Gasteiger partial charge in [-0.2, -0.15) is 0 Å². The number of hydrogen-bond donors (Lipinski definition) is 1. The minimum Gasteiger partial charge on any atom is -0.475 e. The first-order valence-corrected chi connectivity index (χ1v) is 4.38. The number of aliphatic imine (C=N–C) groups is 1. The van der Waals surface area contributed by atoms with E-state index in [1.165, 1.54) is 0 Å². The van der Waals surface area contributed by atoms with Gasteiger partial charge in [-0.25, -0.2) is 4.99 Å². The van der Waals surface area contributed by atoms with E-state index in [0.29, 0.717) is 12.5 Å². The summed E-state index contributed by atoms with van der Waals surface area (Å²) in [6, 6.07) is 0. The summed E-state index contributed by atoms with van der Waals surface area (Å²) in [6.07, 6.45) is 4.82. The topological polar surface area (TPSA) is 41.8 Å². The monoisotopic (exact) mass is 179 g/mol. The zero-order chi connectivity index (χ0) is 9.47. The van der Waals surface area contributed by atoms with E-state index in [2.05, 4.69) is 4.99 Å². The number of allylic oxidation sites excluding steroid dienone is 2. The molecular weight excluding hydrogens is 166 g/mol. The van der Waals surface area contributed by atoms with Crippen molar-refractivity contribution in [3.63, 3.8) is 0 Å². The SMILES string of the molecule is CC1(C)COC(C2=CC=CC2O)=N1. The number of nitrogens with zero attached hydrogens (tertiary/aromatic N) is 1. The summed E-state index contributed by atoms with van der Waals surface area (Å²) in [5, 5.41) is 9.50. The Morgan fingerprint density at radius 3 is 2.85 bits per heavy atom. The zero-order valence-electron chi connectivity index (χ0n) is 7.82. The molecule has 1 atom stereocenters. The van der Waals surface area contributed by atoms with Gasteiger partial charge in [-0.15, -0.1) is 0 Å². The van der Waals surface area contributed by atoms with E-state index in [0.717, 1.165) is 5.57 Å². The van der Waals surface area contributed by atoms with Gasteiger partial charge in [0.15, 0.2) is 0 Å². The molecule has 2 aliphatic rings. The molecule has 0 aromatic rings. The van der Waals surface area contributed by atoms with E-state index in [1.54, 1.807) is 6.08 Å². The Morgan fingerprint density at radius 1 is 1.62 bits per heavy atom. The molecule has 1 aliphatic carbocycles. The molecule has 70 valence electrons. The summed E-state index contributed by atoms with van der Waals surface area (Å²) in [5.41, 5.74) is 0.615. The molecule has 3 heteroatoms. The van der Waals surface area contributed by atoms with Gasteiger partial charge < -0.3 is 9.84 Å². The number of aliphatic hydroxyl groups is 1. The Hall–Kier alpha value is -1.09. The van der Waals surface area contributed by atoms with Gasteiger partial charge in [-0.05, 0) is 13.8 Å². The standard InChI is InChI=1S/C10H13NO2/c1-10(2)6-13-9(11-10)7-4-3-5-8(7)12/h3-5,8,12H,6H2,1-2H3. The first kappa shape index (κ1) is 8.51. The van der Waals surface area contributed by atoms with Gasteiger partial charge in [0.05, 0.1) is 5.54 Å². The minimum absolute atomic E-state index is 0.154. The van der Waals surface area contributed by atoms with Gasteiger partial charge in [-0.1, -0.05) is 18.2 Å². The van der Waals surface area contributed by atoms with Crippen LogP contribution in [-0.2, 0) is 4.74 Å². The highest BCUT2D eigenvalue weighted by Crippen LogP contribution is 2.23. The lowest BCUT2D eigenvalue weighted by molar-refractivity contribution is 0.250. The van der Waals surface area contributed by atoms with Crippen LogP contribution in [0.2, 0.25) is 0 Å². The average Bonchev–Trinajstić information content (AvgIpc) is 2.56.